The number of hydrogen-bond donors (Lipinski definition) is 0. The molecule has 0 spiro atoms. The van der Waals surface area contributed by atoms with Crippen molar-refractivity contribution in [1.82, 2.24) is 24.5 Å². The number of hydrogen-bond acceptors (Lipinski definition) is 8. The van der Waals surface area contributed by atoms with Gasteiger partial charge in [-0.25, -0.2) is 19.3 Å². The Bertz CT molecular complexity index is 1120. The van der Waals surface area contributed by atoms with Crippen molar-refractivity contribution in [2.75, 3.05) is 51.4 Å². The summed E-state index contributed by atoms with van der Waals surface area (Å²) in [6, 6.07) is 5.87. The SMILES string of the molecule is COc1nc(C)ccc1-c1cnn2ccc(N3CCN(C(=O)O[C@@H]4CCOC4)CC3)nc12. The van der Waals surface area contributed by atoms with Crippen LogP contribution < -0.4 is 9.64 Å². The molecule has 3 aromatic heterocycles. The van der Waals surface area contributed by atoms with Gasteiger partial charge in [0, 0.05) is 50.1 Å². The van der Waals surface area contributed by atoms with Crippen LogP contribution in [0.25, 0.3) is 16.8 Å². The van der Waals surface area contributed by atoms with Crippen LogP contribution in [0.15, 0.2) is 30.6 Å². The number of anilines is 1. The maximum absolute atomic E-state index is 12.4. The van der Waals surface area contributed by atoms with Gasteiger partial charge in [0.15, 0.2) is 5.65 Å². The molecule has 0 unspecified atom stereocenters. The molecule has 32 heavy (non-hydrogen) atoms. The molecule has 5 rings (SSSR count). The summed E-state index contributed by atoms with van der Waals surface area (Å²) in [6.07, 6.45) is 4.06. The number of carbonyl (C=O) groups is 1. The summed E-state index contributed by atoms with van der Waals surface area (Å²) in [4.78, 5) is 25.7. The molecule has 0 N–H and O–H groups in total. The molecular formula is C22H26N6O4. The van der Waals surface area contributed by atoms with E-state index in [1.165, 1.54) is 0 Å². The number of ether oxygens (including phenoxy) is 3. The number of methoxy groups -OCH3 is 1. The van der Waals surface area contributed by atoms with Gasteiger partial charge in [-0.2, -0.15) is 5.10 Å². The molecule has 2 aliphatic rings. The number of pyridine rings is 1. The topological polar surface area (TPSA) is 94.3 Å². The first-order valence-electron chi connectivity index (χ1n) is 10.8. The van der Waals surface area contributed by atoms with Gasteiger partial charge in [-0.1, -0.05) is 0 Å². The minimum Gasteiger partial charge on any atom is -0.481 e. The van der Waals surface area contributed by atoms with E-state index < -0.39 is 0 Å². The lowest BCUT2D eigenvalue weighted by atomic mass is 10.1. The molecule has 2 saturated heterocycles. The molecule has 1 atom stereocenters. The summed E-state index contributed by atoms with van der Waals surface area (Å²) in [6.45, 7) is 5.60. The quantitative estimate of drug-likeness (QED) is 0.612. The largest absolute Gasteiger partial charge is 0.481 e. The highest BCUT2D eigenvalue weighted by Crippen LogP contribution is 2.31. The van der Waals surface area contributed by atoms with Crippen molar-refractivity contribution in [3.63, 3.8) is 0 Å². The number of piperazine rings is 1. The number of fused-ring (bicyclic) bond motifs is 1. The predicted molar refractivity (Wildman–Crippen MR) is 117 cm³/mol. The second kappa shape index (κ2) is 8.62. The third-order valence-electron chi connectivity index (χ3n) is 5.85. The van der Waals surface area contributed by atoms with Gasteiger partial charge < -0.3 is 24.0 Å². The molecule has 0 bridgehead atoms. The highest BCUT2D eigenvalue weighted by molar-refractivity contribution is 5.80. The van der Waals surface area contributed by atoms with Crippen LogP contribution in [0, 0.1) is 6.92 Å². The van der Waals surface area contributed by atoms with Crippen LogP contribution in [0.5, 0.6) is 5.88 Å². The predicted octanol–water partition coefficient (Wildman–Crippen LogP) is 2.16. The molecule has 2 aliphatic heterocycles. The smallest absolute Gasteiger partial charge is 0.410 e. The first kappa shape index (κ1) is 20.5. The van der Waals surface area contributed by atoms with Crippen LogP contribution >= 0.6 is 0 Å². The molecule has 0 aliphatic carbocycles. The van der Waals surface area contributed by atoms with Crippen molar-refractivity contribution in [1.29, 1.82) is 0 Å². The van der Waals surface area contributed by atoms with Crippen molar-refractivity contribution < 1.29 is 19.0 Å². The minimum atomic E-state index is -0.263. The molecule has 5 heterocycles. The van der Waals surface area contributed by atoms with Crippen molar-refractivity contribution in [3.05, 3.63) is 36.3 Å². The summed E-state index contributed by atoms with van der Waals surface area (Å²) in [7, 11) is 1.61. The maximum atomic E-state index is 12.4. The fourth-order valence-electron chi connectivity index (χ4n) is 4.06. The summed E-state index contributed by atoms with van der Waals surface area (Å²) in [5.74, 6) is 1.39. The zero-order chi connectivity index (χ0) is 22.1. The highest BCUT2D eigenvalue weighted by Gasteiger charge is 2.27. The van der Waals surface area contributed by atoms with E-state index in [0.717, 1.165) is 34.7 Å². The molecule has 1 amide bonds. The summed E-state index contributed by atoms with van der Waals surface area (Å²) in [5.41, 5.74) is 3.32. The van der Waals surface area contributed by atoms with Crippen LogP contribution in [-0.2, 0) is 9.47 Å². The monoisotopic (exact) mass is 438 g/mol. The summed E-state index contributed by atoms with van der Waals surface area (Å²) >= 11 is 0. The molecule has 10 nitrogen and oxygen atoms in total. The zero-order valence-electron chi connectivity index (χ0n) is 18.2. The molecular weight excluding hydrogens is 412 g/mol. The second-order valence-electron chi connectivity index (χ2n) is 7.97. The fourth-order valence-corrected chi connectivity index (χ4v) is 4.06. The Labute approximate surface area is 185 Å². The normalized spacial score (nSPS) is 18.9. The Balaban J connectivity index is 1.33. The van der Waals surface area contributed by atoms with E-state index in [-0.39, 0.29) is 12.2 Å². The Morgan fingerprint density at radius 2 is 1.97 bits per heavy atom. The van der Waals surface area contributed by atoms with Gasteiger partial charge in [0.25, 0.3) is 0 Å². The number of aryl methyl sites for hydroxylation is 1. The zero-order valence-corrected chi connectivity index (χ0v) is 18.2. The maximum Gasteiger partial charge on any atom is 0.410 e. The van der Waals surface area contributed by atoms with Gasteiger partial charge in [-0.15, -0.1) is 0 Å². The van der Waals surface area contributed by atoms with Crippen molar-refractivity contribution in [3.8, 4) is 17.0 Å². The lowest BCUT2D eigenvalue weighted by molar-refractivity contribution is 0.0534. The number of carbonyl (C=O) groups excluding carboxylic acids is 1. The average molecular weight is 438 g/mol. The molecule has 0 aromatic carbocycles. The van der Waals surface area contributed by atoms with E-state index in [1.807, 2.05) is 31.3 Å². The number of amides is 1. The lowest BCUT2D eigenvalue weighted by Gasteiger charge is -2.35. The van der Waals surface area contributed by atoms with Crippen molar-refractivity contribution >= 4 is 17.6 Å². The lowest BCUT2D eigenvalue weighted by Crippen LogP contribution is -2.49. The van der Waals surface area contributed by atoms with E-state index >= 15 is 0 Å². The Morgan fingerprint density at radius 3 is 2.72 bits per heavy atom. The average Bonchev–Trinajstić information content (AvgIpc) is 3.48. The first-order valence-corrected chi connectivity index (χ1v) is 10.8. The van der Waals surface area contributed by atoms with Crippen LogP contribution in [-0.4, -0.2) is 83.2 Å². The van der Waals surface area contributed by atoms with E-state index in [4.69, 9.17) is 19.2 Å². The third kappa shape index (κ3) is 3.93. The van der Waals surface area contributed by atoms with E-state index in [1.54, 1.807) is 22.7 Å². The minimum absolute atomic E-state index is 0.127. The van der Waals surface area contributed by atoms with Crippen molar-refractivity contribution in [2.24, 2.45) is 0 Å². The Morgan fingerprint density at radius 1 is 1.12 bits per heavy atom. The third-order valence-corrected chi connectivity index (χ3v) is 5.85. The first-order chi connectivity index (χ1) is 15.6. The van der Waals surface area contributed by atoms with Crippen LogP contribution in [0.1, 0.15) is 12.1 Å². The number of rotatable bonds is 4. The van der Waals surface area contributed by atoms with Gasteiger partial charge in [0.05, 0.1) is 32.1 Å². The molecule has 168 valence electrons. The van der Waals surface area contributed by atoms with E-state index in [0.29, 0.717) is 45.3 Å². The second-order valence-corrected chi connectivity index (χ2v) is 7.97. The number of aromatic nitrogens is 4. The van der Waals surface area contributed by atoms with E-state index in [2.05, 4.69) is 15.0 Å². The van der Waals surface area contributed by atoms with E-state index in [9.17, 15) is 4.79 Å². The highest BCUT2D eigenvalue weighted by atomic mass is 16.6. The molecule has 0 radical (unpaired) electrons. The number of nitrogens with zero attached hydrogens (tertiary/aromatic N) is 6. The van der Waals surface area contributed by atoms with Gasteiger partial charge in [-0.3, -0.25) is 0 Å². The summed E-state index contributed by atoms with van der Waals surface area (Å²) < 4.78 is 18.0. The van der Waals surface area contributed by atoms with Gasteiger partial charge >= 0.3 is 6.09 Å². The fraction of sp³-hybridized carbons (Fsp3) is 0.455. The molecule has 2 fully saturated rings. The molecule has 10 heteroatoms. The van der Waals surface area contributed by atoms with Crippen molar-refractivity contribution in [2.45, 2.75) is 19.4 Å². The Kier molecular flexibility index (Phi) is 5.52. The van der Waals surface area contributed by atoms with Crippen LogP contribution in [0.4, 0.5) is 10.6 Å². The Hall–Kier alpha value is -3.40. The van der Waals surface area contributed by atoms with Crippen LogP contribution in [0.3, 0.4) is 0 Å². The standard InChI is InChI=1S/C22H26N6O4/c1-15-3-4-17(21(24-15)30-2)18-13-23-28-7-5-19(25-20(18)28)26-8-10-27(11-9-26)22(29)32-16-6-12-31-14-16/h3-5,7,13,16H,6,8-12,14H2,1-2H3/t16-/m1/s1. The molecule has 0 saturated carbocycles. The summed E-state index contributed by atoms with van der Waals surface area (Å²) in [5, 5.41) is 4.44. The van der Waals surface area contributed by atoms with Gasteiger partial charge in [0.2, 0.25) is 5.88 Å². The van der Waals surface area contributed by atoms with Gasteiger partial charge in [0.1, 0.15) is 11.9 Å². The van der Waals surface area contributed by atoms with Crippen LogP contribution in [0.2, 0.25) is 0 Å². The molecule has 3 aromatic rings. The van der Waals surface area contributed by atoms with Gasteiger partial charge in [-0.05, 0) is 25.1 Å².